The summed E-state index contributed by atoms with van der Waals surface area (Å²) in [7, 11) is 0. The average molecular weight is 481 g/mol. The predicted octanol–water partition coefficient (Wildman–Crippen LogP) is 3.44. The van der Waals surface area contributed by atoms with Gasteiger partial charge in [-0.1, -0.05) is 26.0 Å². The molecule has 0 aliphatic carbocycles. The number of morpholine rings is 1. The molecule has 0 bridgehead atoms. The van der Waals surface area contributed by atoms with Gasteiger partial charge in [0.2, 0.25) is 5.91 Å². The molecule has 8 heteroatoms. The molecule has 2 amide bonds. The van der Waals surface area contributed by atoms with Gasteiger partial charge >= 0.3 is 0 Å². The Bertz CT molecular complexity index is 1060. The molecule has 2 aromatic rings. The van der Waals surface area contributed by atoms with Crippen LogP contribution < -0.4 is 14.4 Å². The number of ether oxygens (including phenoxy) is 3. The number of ketones is 1. The van der Waals surface area contributed by atoms with E-state index >= 15 is 0 Å². The van der Waals surface area contributed by atoms with Gasteiger partial charge in [-0.2, -0.15) is 0 Å². The van der Waals surface area contributed by atoms with Crippen LogP contribution in [0.15, 0.2) is 42.5 Å². The van der Waals surface area contributed by atoms with Crippen molar-refractivity contribution >= 4 is 23.3 Å². The van der Waals surface area contributed by atoms with Crippen molar-refractivity contribution < 1.29 is 28.6 Å². The summed E-state index contributed by atoms with van der Waals surface area (Å²) in [4.78, 5) is 41.2. The Kier molecular flexibility index (Phi) is 8.02. The lowest BCUT2D eigenvalue weighted by atomic mass is 10.0. The van der Waals surface area contributed by atoms with E-state index in [1.165, 1.54) is 5.56 Å². The number of fused-ring (bicyclic) bond motifs is 1. The van der Waals surface area contributed by atoms with Crippen molar-refractivity contribution in [3.63, 3.8) is 0 Å². The van der Waals surface area contributed by atoms with Crippen LogP contribution in [0.25, 0.3) is 0 Å². The maximum absolute atomic E-state index is 12.8. The highest BCUT2D eigenvalue weighted by molar-refractivity contribution is 6.02. The Balaban J connectivity index is 1.37. The number of rotatable bonds is 9. The molecule has 35 heavy (non-hydrogen) atoms. The molecule has 0 unspecified atom stereocenters. The second-order valence-corrected chi connectivity index (χ2v) is 9.05. The number of carbonyl (C=O) groups is 3. The summed E-state index contributed by atoms with van der Waals surface area (Å²) in [6.07, 6.45) is 0.872. The molecule has 2 aliphatic heterocycles. The van der Waals surface area contributed by atoms with Crippen molar-refractivity contribution in [2.75, 3.05) is 51.0 Å². The van der Waals surface area contributed by atoms with Crippen molar-refractivity contribution in [1.82, 2.24) is 4.90 Å². The van der Waals surface area contributed by atoms with E-state index in [4.69, 9.17) is 14.2 Å². The number of nitrogens with zero attached hydrogens (tertiary/aromatic N) is 2. The summed E-state index contributed by atoms with van der Waals surface area (Å²) < 4.78 is 16.5. The largest absolute Gasteiger partial charge is 0.485 e. The normalized spacial score (nSPS) is 15.6. The summed E-state index contributed by atoms with van der Waals surface area (Å²) in [5.74, 6) is 1.28. The first-order valence-corrected chi connectivity index (χ1v) is 12.1. The molecule has 2 heterocycles. The van der Waals surface area contributed by atoms with Gasteiger partial charge in [0.1, 0.15) is 11.5 Å². The third kappa shape index (κ3) is 6.19. The quantitative estimate of drug-likeness (QED) is 0.511. The van der Waals surface area contributed by atoms with Gasteiger partial charge in [0.15, 0.2) is 19.0 Å². The Morgan fingerprint density at radius 2 is 1.80 bits per heavy atom. The van der Waals surface area contributed by atoms with Crippen molar-refractivity contribution in [1.29, 1.82) is 0 Å². The van der Waals surface area contributed by atoms with Crippen LogP contribution in [0.4, 0.5) is 5.69 Å². The van der Waals surface area contributed by atoms with Crippen LogP contribution in [0.1, 0.15) is 48.5 Å². The zero-order valence-electron chi connectivity index (χ0n) is 20.3. The fourth-order valence-electron chi connectivity index (χ4n) is 4.16. The Labute approximate surface area is 205 Å². The van der Waals surface area contributed by atoms with E-state index in [0.717, 1.165) is 0 Å². The van der Waals surface area contributed by atoms with Gasteiger partial charge in [-0.15, -0.1) is 0 Å². The van der Waals surface area contributed by atoms with Gasteiger partial charge in [-0.25, -0.2) is 0 Å². The highest BCUT2D eigenvalue weighted by Crippen LogP contribution is 2.33. The topological polar surface area (TPSA) is 85.4 Å². The van der Waals surface area contributed by atoms with E-state index < -0.39 is 0 Å². The minimum Gasteiger partial charge on any atom is -0.485 e. The fourth-order valence-corrected chi connectivity index (χ4v) is 4.16. The van der Waals surface area contributed by atoms with Gasteiger partial charge in [-0.3, -0.25) is 14.4 Å². The summed E-state index contributed by atoms with van der Waals surface area (Å²) in [6, 6.07) is 12.8. The molecule has 0 aromatic heterocycles. The van der Waals surface area contributed by atoms with Gasteiger partial charge in [0.25, 0.3) is 5.91 Å². The molecular weight excluding hydrogens is 448 g/mol. The molecule has 8 nitrogen and oxygen atoms in total. The van der Waals surface area contributed by atoms with Crippen LogP contribution in [0.5, 0.6) is 11.5 Å². The van der Waals surface area contributed by atoms with E-state index in [2.05, 4.69) is 13.8 Å². The summed E-state index contributed by atoms with van der Waals surface area (Å²) in [6.45, 7) is 6.78. The highest BCUT2D eigenvalue weighted by atomic mass is 16.5. The number of hydrogen-bond acceptors (Lipinski definition) is 6. The van der Waals surface area contributed by atoms with Crippen molar-refractivity contribution in [3.05, 3.63) is 53.6 Å². The number of hydrogen-bond donors (Lipinski definition) is 0. The first kappa shape index (κ1) is 24.7. The van der Waals surface area contributed by atoms with Crippen molar-refractivity contribution in [2.24, 2.45) is 0 Å². The van der Waals surface area contributed by atoms with Crippen LogP contribution >= 0.6 is 0 Å². The van der Waals surface area contributed by atoms with E-state index in [1.807, 2.05) is 24.3 Å². The molecule has 4 rings (SSSR count). The minimum absolute atomic E-state index is 0.0623. The van der Waals surface area contributed by atoms with Crippen molar-refractivity contribution in [2.45, 2.75) is 32.6 Å². The standard InChI is InChI=1S/C27H32N2O6/c1-19(2)20-5-8-22(9-6-20)34-17-24(30)21-7-10-25-23(16-21)29(27(32)18-35-25)11-3-4-26(31)28-12-14-33-15-13-28/h5-10,16,19H,3-4,11-15,17-18H2,1-2H3. The molecule has 0 saturated carbocycles. The smallest absolute Gasteiger partial charge is 0.265 e. The lowest BCUT2D eigenvalue weighted by Crippen LogP contribution is -2.42. The SMILES string of the molecule is CC(C)c1ccc(OCC(=O)c2ccc3c(c2)N(CCCC(=O)N2CCOCC2)C(=O)CO3)cc1. The first-order valence-electron chi connectivity index (χ1n) is 12.1. The molecular formula is C27H32N2O6. The molecule has 0 N–H and O–H groups in total. The minimum atomic E-state index is -0.193. The zero-order valence-corrected chi connectivity index (χ0v) is 20.3. The molecule has 1 fully saturated rings. The molecule has 2 aromatic carbocycles. The van der Waals surface area contributed by atoms with Crippen LogP contribution in [0.2, 0.25) is 0 Å². The molecule has 1 saturated heterocycles. The second kappa shape index (κ2) is 11.4. The van der Waals surface area contributed by atoms with E-state index in [9.17, 15) is 14.4 Å². The Hall–Kier alpha value is -3.39. The molecule has 0 atom stereocenters. The maximum atomic E-state index is 12.8. The van der Waals surface area contributed by atoms with Gasteiger partial charge in [-0.05, 0) is 48.2 Å². The van der Waals surface area contributed by atoms with Crippen LogP contribution in [-0.4, -0.2) is 68.6 Å². The Morgan fingerprint density at radius 3 is 2.51 bits per heavy atom. The maximum Gasteiger partial charge on any atom is 0.265 e. The van der Waals surface area contributed by atoms with Crippen LogP contribution in [0.3, 0.4) is 0 Å². The second-order valence-electron chi connectivity index (χ2n) is 9.05. The monoisotopic (exact) mass is 480 g/mol. The van der Waals surface area contributed by atoms with Crippen molar-refractivity contribution in [3.8, 4) is 11.5 Å². The number of amides is 2. The number of Topliss-reactive ketones (excluding diaryl/α,β-unsaturated/α-hetero) is 1. The third-order valence-electron chi connectivity index (χ3n) is 6.28. The molecule has 0 radical (unpaired) electrons. The van der Waals surface area contributed by atoms with Crippen LogP contribution in [-0.2, 0) is 14.3 Å². The number of anilines is 1. The fraction of sp³-hybridized carbons (Fsp3) is 0.444. The molecule has 186 valence electrons. The Morgan fingerprint density at radius 1 is 1.06 bits per heavy atom. The van der Waals surface area contributed by atoms with E-state index in [-0.39, 0.29) is 30.8 Å². The van der Waals surface area contributed by atoms with Gasteiger partial charge in [0.05, 0.1) is 18.9 Å². The third-order valence-corrected chi connectivity index (χ3v) is 6.28. The summed E-state index contributed by atoms with van der Waals surface area (Å²) in [5, 5.41) is 0. The lowest BCUT2D eigenvalue weighted by Gasteiger charge is -2.30. The average Bonchev–Trinajstić information content (AvgIpc) is 2.88. The highest BCUT2D eigenvalue weighted by Gasteiger charge is 2.27. The van der Waals surface area contributed by atoms with Gasteiger partial charge in [0, 0.05) is 31.6 Å². The summed E-state index contributed by atoms with van der Waals surface area (Å²) in [5.41, 5.74) is 2.19. The number of benzene rings is 2. The molecule has 2 aliphatic rings. The van der Waals surface area contributed by atoms with Crippen LogP contribution in [0, 0.1) is 0 Å². The van der Waals surface area contributed by atoms with E-state index in [1.54, 1.807) is 28.0 Å². The number of carbonyl (C=O) groups excluding carboxylic acids is 3. The molecule has 0 spiro atoms. The van der Waals surface area contributed by atoms with E-state index in [0.29, 0.717) is 74.4 Å². The summed E-state index contributed by atoms with van der Waals surface area (Å²) >= 11 is 0. The lowest BCUT2D eigenvalue weighted by molar-refractivity contribution is -0.135. The zero-order chi connectivity index (χ0) is 24.8. The first-order chi connectivity index (χ1) is 16.9. The van der Waals surface area contributed by atoms with Gasteiger partial charge < -0.3 is 24.0 Å². The predicted molar refractivity (Wildman–Crippen MR) is 131 cm³/mol.